The van der Waals surface area contributed by atoms with E-state index in [4.69, 9.17) is 9.84 Å². The Morgan fingerprint density at radius 1 is 1.21 bits per heavy atom. The Hall–Kier alpha value is -2.11. The number of ether oxygens (including phenoxy) is 1. The highest BCUT2D eigenvalue weighted by Gasteiger charge is 2.46. The smallest absolute Gasteiger partial charge is 0.303 e. The third kappa shape index (κ3) is 5.71. The summed E-state index contributed by atoms with van der Waals surface area (Å²) < 4.78 is 6.13. The average molecular weight is 401 g/mol. The summed E-state index contributed by atoms with van der Waals surface area (Å²) in [5, 5.41) is 28.8. The lowest BCUT2D eigenvalue weighted by molar-refractivity contribution is -0.137. The fourth-order valence-corrected chi connectivity index (χ4v) is 4.51. The zero-order chi connectivity index (χ0) is 20.8. The highest BCUT2D eigenvalue weighted by molar-refractivity contribution is 5.66. The molecular formula is C24H32O5. The highest BCUT2D eigenvalue weighted by Crippen LogP contribution is 2.46. The molecule has 2 bridgehead atoms. The largest absolute Gasteiger partial charge is 0.508 e. The van der Waals surface area contributed by atoms with Gasteiger partial charge in [0.05, 0.1) is 18.3 Å². The molecule has 5 heteroatoms. The standard InChI is InChI=1S/C24H32O5/c1-16(17-8-10-18(25)11-9-17)21(26)13-12-20-19(22-14-15-23(20)29-22)6-4-2-3-5-7-24(27)28/h2,4,8-13,16,19-23,25-26H,3,5-7,14-15H2,1H3,(H,27,28)/b4-2-,13-12+/t16?,19-,20+,21?,22-,23-/m0/s1. The van der Waals surface area contributed by atoms with E-state index >= 15 is 0 Å². The van der Waals surface area contributed by atoms with E-state index in [1.165, 1.54) is 0 Å². The maximum absolute atomic E-state index is 10.6. The minimum Gasteiger partial charge on any atom is -0.508 e. The summed E-state index contributed by atoms with van der Waals surface area (Å²) in [7, 11) is 0. The molecule has 158 valence electrons. The lowest BCUT2D eigenvalue weighted by Crippen LogP contribution is -2.26. The number of unbranched alkanes of at least 4 members (excludes halogenated alkanes) is 1. The summed E-state index contributed by atoms with van der Waals surface area (Å²) in [6.07, 6.45) is 13.0. The number of benzene rings is 1. The van der Waals surface area contributed by atoms with E-state index < -0.39 is 12.1 Å². The summed E-state index contributed by atoms with van der Waals surface area (Å²) in [6.45, 7) is 1.98. The Bertz CT molecular complexity index is 723. The molecule has 0 saturated carbocycles. The van der Waals surface area contributed by atoms with Gasteiger partial charge in [0, 0.05) is 18.3 Å². The first-order valence-electron chi connectivity index (χ1n) is 10.6. The number of hydrogen-bond donors (Lipinski definition) is 3. The predicted octanol–water partition coefficient (Wildman–Crippen LogP) is 4.41. The SMILES string of the molecule is CC(c1ccc(O)cc1)C(O)/C=C/[C@@H]1[C@H](C/C=C\CCCC(=O)O)[C@@H]2CC[C@@H]1O2. The fourth-order valence-electron chi connectivity index (χ4n) is 4.51. The molecule has 2 aliphatic rings. The highest BCUT2D eigenvalue weighted by atomic mass is 16.5. The molecule has 3 rings (SSSR count). The van der Waals surface area contributed by atoms with Crippen LogP contribution in [0.1, 0.15) is 56.9 Å². The van der Waals surface area contributed by atoms with E-state index in [1.54, 1.807) is 12.1 Å². The molecule has 0 radical (unpaired) electrons. The molecular weight excluding hydrogens is 368 g/mol. The molecule has 6 atom stereocenters. The second-order valence-electron chi connectivity index (χ2n) is 8.28. The van der Waals surface area contributed by atoms with Crippen LogP contribution in [0.5, 0.6) is 5.75 Å². The molecule has 5 nitrogen and oxygen atoms in total. The van der Waals surface area contributed by atoms with Crippen molar-refractivity contribution in [2.75, 3.05) is 0 Å². The van der Waals surface area contributed by atoms with Crippen molar-refractivity contribution in [2.45, 2.75) is 69.7 Å². The number of carbonyl (C=O) groups is 1. The van der Waals surface area contributed by atoms with Crippen molar-refractivity contribution < 1.29 is 24.9 Å². The number of phenolic OH excluding ortho intramolecular Hbond substituents is 1. The normalized spacial score (nSPS) is 28.3. The van der Waals surface area contributed by atoms with Gasteiger partial charge in [-0.2, -0.15) is 0 Å². The van der Waals surface area contributed by atoms with Crippen molar-refractivity contribution >= 4 is 5.97 Å². The lowest BCUT2D eigenvalue weighted by Gasteiger charge is -2.25. The molecule has 2 heterocycles. The van der Waals surface area contributed by atoms with Gasteiger partial charge in [-0.05, 0) is 55.7 Å². The summed E-state index contributed by atoms with van der Waals surface area (Å²) in [5.74, 6) is 0.143. The first kappa shape index (κ1) is 21.6. The number of aliphatic hydroxyl groups excluding tert-OH is 1. The van der Waals surface area contributed by atoms with Crippen LogP contribution >= 0.6 is 0 Å². The van der Waals surface area contributed by atoms with Gasteiger partial charge in [-0.25, -0.2) is 0 Å². The second-order valence-corrected chi connectivity index (χ2v) is 8.28. The van der Waals surface area contributed by atoms with Crippen molar-refractivity contribution in [1.82, 2.24) is 0 Å². The predicted molar refractivity (Wildman–Crippen MR) is 112 cm³/mol. The average Bonchev–Trinajstić information content (AvgIpc) is 3.30. The number of aromatic hydroxyl groups is 1. The fraction of sp³-hybridized carbons (Fsp3) is 0.542. The quantitative estimate of drug-likeness (QED) is 0.400. The molecule has 0 spiro atoms. The Kier molecular flexibility index (Phi) is 7.51. The minimum absolute atomic E-state index is 0.0565. The molecule has 2 saturated heterocycles. The molecule has 29 heavy (non-hydrogen) atoms. The van der Waals surface area contributed by atoms with Crippen molar-refractivity contribution in [1.29, 1.82) is 0 Å². The first-order valence-corrected chi connectivity index (χ1v) is 10.6. The van der Waals surface area contributed by atoms with Crippen molar-refractivity contribution in [3.8, 4) is 5.75 Å². The van der Waals surface area contributed by atoms with Gasteiger partial charge in [0.25, 0.3) is 0 Å². The van der Waals surface area contributed by atoms with Gasteiger partial charge in [0.2, 0.25) is 0 Å². The van der Waals surface area contributed by atoms with E-state index in [1.807, 2.05) is 25.1 Å². The van der Waals surface area contributed by atoms with Gasteiger partial charge in [0.1, 0.15) is 5.75 Å². The van der Waals surface area contributed by atoms with Crippen molar-refractivity contribution in [3.05, 3.63) is 54.1 Å². The summed E-state index contributed by atoms with van der Waals surface area (Å²) >= 11 is 0. The Morgan fingerprint density at radius 2 is 1.93 bits per heavy atom. The van der Waals surface area contributed by atoms with Crippen LogP contribution in [0.3, 0.4) is 0 Å². The number of fused-ring (bicyclic) bond motifs is 2. The summed E-state index contributed by atoms with van der Waals surface area (Å²) in [4.78, 5) is 10.6. The molecule has 1 aromatic rings. The Labute approximate surface area is 172 Å². The number of carboxylic acids is 1. The monoisotopic (exact) mass is 400 g/mol. The van der Waals surface area contributed by atoms with Crippen molar-refractivity contribution in [3.63, 3.8) is 0 Å². The maximum atomic E-state index is 10.6. The zero-order valence-electron chi connectivity index (χ0n) is 17.0. The number of allylic oxidation sites excluding steroid dienone is 2. The molecule has 0 amide bonds. The molecule has 0 aliphatic carbocycles. The molecule has 2 fully saturated rings. The molecule has 3 N–H and O–H groups in total. The number of aliphatic hydroxyl groups is 1. The van der Waals surface area contributed by atoms with Gasteiger partial charge < -0.3 is 20.1 Å². The van der Waals surface area contributed by atoms with Crippen LogP contribution in [-0.4, -0.2) is 39.6 Å². The number of rotatable bonds is 10. The molecule has 2 unspecified atom stereocenters. The number of carboxylic acid groups (broad SMARTS) is 1. The summed E-state index contributed by atoms with van der Waals surface area (Å²) in [6, 6.07) is 6.97. The lowest BCUT2D eigenvalue weighted by atomic mass is 9.77. The van der Waals surface area contributed by atoms with E-state index in [-0.39, 0.29) is 30.3 Å². The number of aliphatic carboxylic acids is 1. The third-order valence-electron chi connectivity index (χ3n) is 6.28. The number of phenols is 1. The first-order chi connectivity index (χ1) is 14.0. The zero-order valence-corrected chi connectivity index (χ0v) is 17.0. The molecule has 1 aromatic carbocycles. The maximum Gasteiger partial charge on any atom is 0.303 e. The van der Waals surface area contributed by atoms with Crippen molar-refractivity contribution in [2.24, 2.45) is 11.8 Å². The van der Waals surface area contributed by atoms with Gasteiger partial charge in [0.15, 0.2) is 0 Å². The van der Waals surface area contributed by atoms with Crippen LogP contribution < -0.4 is 0 Å². The van der Waals surface area contributed by atoms with Crippen LogP contribution in [0.25, 0.3) is 0 Å². The molecule has 2 aliphatic heterocycles. The van der Waals surface area contributed by atoms with E-state index in [9.17, 15) is 15.0 Å². The van der Waals surface area contributed by atoms with Crippen LogP contribution in [0.2, 0.25) is 0 Å². The van der Waals surface area contributed by atoms with Crippen LogP contribution in [0.15, 0.2) is 48.6 Å². The summed E-state index contributed by atoms with van der Waals surface area (Å²) in [5.41, 5.74) is 0.991. The van der Waals surface area contributed by atoms with Crippen LogP contribution in [0.4, 0.5) is 0 Å². The molecule has 0 aromatic heterocycles. The third-order valence-corrected chi connectivity index (χ3v) is 6.28. The second kappa shape index (κ2) is 10.1. The van der Waals surface area contributed by atoms with E-state index in [0.29, 0.717) is 18.3 Å². The van der Waals surface area contributed by atoms with Gasteiger partial charge >= 0.3 is 5.97 Å². The van der Waals surface area contributed by atoms with E-state index in [0.717, 1.165) is 31.2 Å². The van der Waals surface area contributed by atoms with Gasteiger partial charge in [-0.3, -0.25) is 4.79 Å². The Morgan fingerprint density at radius 3 is 2.66 bits per heavy atom. The topological polar surface area (TPSA) is 87.0 Å². The van der Waals surface area contributed by atoms with E-state index in [2.05, 4.69) is 18.2 Å². The minimum atomic E-state index is -0.745. The van der Waals surface area contributed by atoms with Crippen LogP contribution in [0, 0.1) is 11.8 Å². The Balaban J connectivity index is 1.55. The number of hydrogen-bond acceptors (Lipinski definition) is 4. The van der Waals surface area contributed by atoms with Gasteiger partial charge in [-0.1, -0.05) is 43.4 Å². The van der Waals surface area contributed by atoms with Gasteiger partial charge in [-0.15, -0.1) is 0 Å². The van der Waals surface area contributed by atoms with Crippen LogP contribution in [-0.2, 0) is 9.53 Å².